The zero-order chi connectivity index (χ0) is 16.2. The second kappa shape index (κ2) is 6.48. The second-order valence-corrected chi connectivity index (χ2v) is 4.98. The third kappa shape index (κ3) is 4.67. The lowest BCUT2D eigenvalue weighted by molar-refractivity contribution is -0.137. The van der Waals surface area contributed by atoms with Gasteiger partial charge in [0.25, 0.3) is 0 Å². The predicted octanol–water partition coefficient (Wildman–Crippen LogP) is 3.80. The van der Waals surface area contributed by atoms with Crippen LogP contribution in [0.5, 0.6) is 0 Å². The standard InChI is InChI=1S/C14H15F3N2O2/c1-9(2)7-19(8-13(20)21)10-4-5-12(18-3)11(6-10)14(15,16)17/h4-6,9H,7-8H2,1-2H3,(H,20,21). The number of halogens is 3. The molecular formula is C14H15F3N2O2. The third-order valence-electron chi connectivity index (χ3n) is 2.68. The van der Waals surface area contributed by atoms with Crippen molar-refractivity contribution in [2.75, 3.05) is 18.0 Å². The summed E-state index contributed by atoms with van der Waals surface area (Å²) in [5.41, 5.74) is -1.40. The number of carbonyl (C=O) groups is 1. The van der Waals surface area contributed by atoms with Crippen LogP contribution < -0.4 is 4.90 Å². The Morgan fingerprint density at radius 1 is 1.43 bits per heavy atom. The Labute approximate surface area is 120 Å². The lowest BCUT2D eigenvalue weighted by Crippen LogP contribution is -2.33. The number of alkyl halides is 3. The zero-order valence-electron chi connectivity index (χ0n) is 11.6. The maximum absolute atomic E-state index is 12.9. The molecular weight excluding hydrogens is 285 g/mol. The van der Waals surface area contributed by atoms with E-state index in [-0.39, 0.29) is 11.6 Å². The normalized spacial score (nSPS) is 11.3. The fraction of sp³-hybridized carbons (Fsp3) is 0.429. The van der Waals surface area contributed by atoms with Crippen LogP contribution in [-0.4, -0.2) is 24.2 Å². The highest BCUT2D eigenvalue weighted by molar-refractivity contribution is 5.74. The molecule has 0 heterocycles. The van der Waals surface area contributed by atoms with Crippen LogP contribution >= 0.6 is 0 Å². The van der Waals surface area contributed by atoms with Gasteiger partial charge in [0, 0.05) is 12.2 Å². The summed E-state index contributed by atoms with van der Waals surface area (Å²) < 4.78 is 38.8. The number of benzene rings is 1. The summed E-state index contributed by atoms with van der Waals surface area (Å²) in [6, 6.07) is 3.24. The summed E-state index contributed by atoms with van der Waals surface area (Å²) in [6.07, 6.45) is -4.65. The maximum atomic E-state index is 12.9. The summed E-state index contributed by atoms with van der Waals surface area (Å²) in [4.78, 5) is 15.1. The van der Waals surface area contributed by atoms with Gasteiger partial charge in [-0.05, 0) is 18.1 Å². The monoisotopic (exact) mass is 300 g/mol. The first-order valence-electron chi connectivity index (χ1n) is 6.20. The molecule has 114 valence electrons. The summed E-state index contributed by atoms with van der Waals surface area (Å²) >= 11 is 0. The van der Waals surface area contributed by atoms with Crippen molar-refractivity contribution in [3.63, 3.8) is 0 Å². The first-order chi connectivity index (χ1) is 9.65. The van der Waals surface area contributed by atoms with E-state index in [4.69, 9.17) is 11.7 Å². The molecule has 21 heavy (non-hydrogen) atoms. The molecule has 0 aromatic heterocycles. The molecule has 4 nitrogen and oxygen atoms in total. The van der Waals surface area contributed by atoms with E-state index in [0.29, 0.717) is 6.54 Å². The molecule has 1 aromatic carbocycles. The molecule has 1 N–H and O–H groups in total. The lowest BCUT2D eigenvalue weighted by atomic mass is 10.1. The van der Waals surface area contributed by atoms with Gasteiger partial charge in [0.2, 0.25) is 0 Å². The van der Waals surface area contributed by atoms with Crippen molar-refractivity contribution in [1.29, 1.82) is 0 Å². The van der Waals surface area contributed by atoms with E-state index in [9.17, 15) is 18.0 Å². The second-order valence-electron chi connectivity index (χ2n) is 4.98. The summed E-state index contributed by atoms with van der Waals surface area (Å²) in [7, 11) is 0. The fourth-order valence-electron chi connectivity index (χ4n) is 1.91. The highest BCUT2D eigenvalue weighted by Crippen LogP contribution is 2.38. The van der Waals surface area contributed by atoms with Crippen molar-refractivity contribution in [2.45, 2.75) is 20.0 Å². The van der Waals surface area contributed by atoms with Gasteiger partial charge in [-0.15, -0.1) is 0 Å². The lowest BCUT2D eigenvalue weighted by Gasteiger charge is -2.26. The Balaban J connectivity index is 3.27. The largest absolute Gasteiger partial charge is 0.480 e. The van der Waals surface area contributed by atoms with Crippen LogP contribution in [0.15, 0.2) is 18.2 Å². The molecule has 0 saturated heterocycles. The highest BCUT2D eigenvalue weighted by Gasteiger charge is 2.34. The number of nitrogens with zero attached hydrogens (tertiary/aromatic N) is 2. The van der Waals surface area contributed by atoms with E-state index < -0.39 is 29.9 Å². The predicted molar refractivity (Wildman–Crippen MR) is 72.4 cm³/mol. The number of hydrogen-bond acceptors (Lipinski definition) is 2. The number of aliphatic carboxylic acids is 1. The molecule has 1 aromatic rings. The molecule has 0 aliphatic heterocycles. The molecule has 0 fully saturated rings. The topological polar surface area (TPSA) is 44.9 Å². The molecule has 0 bridgehead atoms. The van der Waals surface area contributed by atoms with E-state index in [0.717, 1.165) is 12.1 Å². The first-order valence-corrected chi connectivity index (χ1v) is 6.20. The van der Waals surface area contributed by atoms with Crippen LogP contribution in [0.3, 0.4) is 0 Å². The van der Waals surface area contributed by atoms with Crippen LogP contribution in [0.25, 0.3) is 4.85 Å². The summed E-state index contributed by atoms with van der Waals surface area (Å²) in [6.45, 7) is 10.4. The average molecular weight is 300 g/mol. The van der Waals surface area contributed by atoms with E-state index in [1.807, 2.05) is 13.8 Å². The van der Waals surface area contributed by atoms with Gasteiger partial charge in [-0.1, -0.05) is 19.9 Å². The molecule has 1 rings (SSSR count). The molecule has 0 spiro atoms. The van der Waals surface area contributed by atoms with Gasteiger partial charge in [0.05, 0.1) is 12.1 Å². The Hall–Kier alpha value is -2.23. The van der Waals surface area contributed by atoms with Crippen molar-refractivity contribution in [3.8, 4) is 0 Å². The Kier molecular flexibility index (Phi) is 5.19. The van der Waals surface area contributed by atoms with E-state index in [1.54, 1.807) is 0 Å². The molecule has 0 aliphatic rings. The Bertz CT molecular complexity index is 562. The minimum atomic E-state index is -4.65. The van der Waals surface area contributed by atoms with Gasteiger partial charge >= 0.3 is 12.1 Å². The number of anilines is 1. The van der Waals surface area contributed by atoms with Crippen molar-refractivity contribution in [3.05, 3.63) is 35.2 Å². The smallest absolute Gasteiger partial charge is 0.407 e. The van der Waals surface area contributed by atoms with Crippen molar-refractivity contribution >= 4 is 17.3 Å². The Morgan fingerprint density at radius 2 is 2.05 bits per heavy atom. The Morgan fingerprint density at radius 3 is 2.48 bits per heavy atom. The quantitative estimate of drug-likeness (QED) is 0.841. The maximum Gasteiger partial charge on any atom is 0.407 e. The van der Waals surface area contributed by atoms with Crippen LogP contribution in [0.1, 0.15) is 19.4 Å². The van der Waals surface area contributed by atoms with Gasteiger partial charge in [-0.2, -0.15) is 13.2 Å². The molecule has 0 aliphatic carbocycles. The van der Waals surface area contributed by atoms with Gasteiger partial charge in [-0.25, -0.2) is 4.85 Å². The molecule has 0 unspecified atom stereocenters. The molecule has 0 atom stereocenters. The van der Waals surface area contributed by atoms with E-state index in [2.05, 4.69) is 4.85 Å². The zero-order valence-corrected chi connectivity index (χ0v) is 11.6. The fourth-order valence-corrected chi connectivity index (χ4v) is 1.91. The molecule has 7 heteroatoms. The minimum absolute atomic E-state index is 0.0826. The first kappa shape index (κ1) is 16.8. The molecule has 0 saturated carbocycles. The summed E-state index contributed by atoms with van der Waals surface area (Å²) in [5.74, 6) is -1.04. The van der Waals surface area contributed by atoms with Crippen LogP contribution in [0, 0.1) is 12.5 Å². The molecule has 0 radical (unpaired) electrons. The molecule has 0 amide bonds. The highest BCUT2D eigenvalue weighted by atomic mass is 19.4. The number of hydrogen-bond donors (Lipinski definition) is 1. The number of rotatable bonds is 5. The average Bonchev–Trinajstić information content (AvgIpc) is 2.35. The van der Waals surface area contributed by atoms with Crippen LogP contribution in [0.2, 0.25) is 0 Å². The SMILES string of the molecule is [C-]#[N+]c1ccc(N(CC(=O)O)CC(C)C)cc1C(F)(F)F. The van der Waals surface area contributed by atoms with E-state index >= 15 is 0 Å². The van der Waals surface area contributed by atoms with E-state index in [1.165, 1.54) is 11.0 Å². The van der Waals surface area contributed by atoms with Crippen LogP contribution in [-0.2, 0) is 11.0 Å². The number of carboxylic acids is 1. The van der Waals surface area contributed by atoms with Crippen molar-refractivity contribution in [1.82, 2.24) is 0 Å². The van der Waals surface area contributed by atoms with Crippen molar-refractivity contribution in [2.24, 2.45) is 5.92 Å². The van der Waals surface area contributed by atoms with Gasteiger partial charge in [-0.3, -0.25) is 4.79 Å². The summed E-state index contributed by atoms with van der Waals surface area (Å²) in [5, 5.41) is 8.88. The van der Waals surface area contributed by atoms with Crippen molar-refractivity contribution < 1.29 is 23.1 Å². The van der Waals surface area contributed by atoms with Gasteiger partial charge < -0.3 is 10.0 Å². The van der Waals surface area contributed by atoms with Gasteiger partial charge in [0.15, 0.2) is 5.69 Å². The minimum Gasteiger partial charge on any atom is -0.480 e. The number of carboxylic acid groups (broad SMARTS) is 1. The van der Waals surface area contributed by atoms with Gasteiger partial charge in [0.1, 0.15) is 6.54 Å². The van der Waals surface area contributed by atoms with Crippen LogP contribution in [0.4, 0.5) is 24.5 Å². The third-order valence-corrected chi connectivity index (χ3v) is 2.68.